The molecule has 1 heterocycles. The molecule has 0 spiro atoms. The largest absolute Gasteiger partial charge is 0.347 e. The standard InChI is InChI=1S/C14H16ClN3/c15-12-4-5-13-11(9-17)10-18(14(13)8-12)7-3-1-2-6-16/h4-5,8,10H,1-3,7,9,17H2. The number of nitriles is 1. The molecule has 1 aromatic heterocycles. The third-order valence-electron chi connectivity index (χ3n) is 3.08. The molecule has 18 heavy (non-hydrogen) atoms. The van der Waals surface area contributed by atoms with Gasteiger partial charge in [0.25, 0.3) is 0 Å². The van der Waals surface area contributed by atoms with Crippen LogP contribution in [-0.2, 0) is 13.1 Å². The van der Waals surface area contributed by atoms with Crippen LogP contribution in [0.2, 0.25) is 5.02 Å². The molecule has 0 aliphatic carbocycles. The molecular formula is C14H16ClN3. The fourth-order valence-electron chi connectivity index (χ4n) is 2.18. The summed E-state index contributed by atoms with van der Waals surface area (Å²) in [6, 6.07) is 8.05. The van der Waals surface area contributed by atoms with Gasteiger partial charge in [-0.3, -0.25) is 0 Å². The van der Waals surface area contributed by atoms with Gasteiger partial charge in [-0.25, -0.2) is 0 Å². The van der Waals surface area contributed by atoms with E-state index in [4.69, 9.17) is 22.6 Å². The van der Waals surface area contributed by atoms with Crippen molar-refractivity contribution in [2.24, 2.45) is 5.73 Å². The first-order valence-corrected chi connectivity index (χ1v) is 6.48. The fraction of sp³-hybridized carbons (Fsp3) is 0.357. The molecule has 0 amide bonds. The second-order valence-electron chi connectivity index (χ2n) is 4.33. The van der Waals surface area contributed by atoms with Crippen LogP contribution < -0.4 is 5.73 Å². The Morgan fingerprint density at radius 2 is 2.17 bits per heavy atom. The Morgan fingerprint density at radius 3 is 2.89 bits per heavy atom. The number of rotatable bonds is 5. The van der Waals surface area contributed by atoms with Crippen molar-refractivity contribution in [3.8, 4) is 6.07 Å². The minimum absolute atomic E-state index is 0.531. The monoisotopic (exact) mass is 261 g/mol. The molecule has 0 atom stereocenters. The normalized spacial score (nSPS) is 10.7. The third-order valence-corrected chi connectivity index (χ3v) is 3.32. The van der Waals surface area contributed by atoms with E-state index in [0.29, 0.717) is 13.0 Å². The number of nitrogens with two attached hydrogens (primary N) is 1. The molecule has 94 valence electrons. The van der Waals surface area contributed by atoms with Gasteiger partial charge in [-0.05, 0) is 30.5 Å². The van der Waals surface area contributed by atoms with Crippen molar-refractivity contribution in [1.29, 1.82) is 5.26 Å². The molecule has 0 aliphatic heterocycles. The van der Waals surface area contributed by atoms with Crippen LogP contribution in [0.3, 0.4) is 0 Å². The van der Waals surface area contributed by atoms with Crippen LogP contribution in [0.4, 0.5) is 0 Å². The Kier molecular flexibility index (Phi) is 4.24. The predicted octanol–water partition coefficient (Wildman–Crippen LogP) is 3.45. The number of unbranched alkanes of at least 4 members (excludes halogenated alkanes) is 2. The summed E-state index contributed by atoms with van der Waals surface area (Å²) in [6.07, 6.45) is 4.62. The van der Waals surface area contributed by atoms with E-state index in [1.807, 2.05) is 18.2 Å². The highest BCUT2D eigenvalue weighted by molar-refractivity contribution is 6.31. The summed E-state index contributed by atoms with van der Waals surface area (Å²) < 4.78 is 2.18. The van der Waals surface area contributed by atoms with Crippen molar-refractivity contribution in [2.75, 3.05) is 0 Å². The summed E-state index contributed by atoms with van der Waals surface area (Å²) in [5.41, 5.74) is 8.02. The number of aryl methyl sites for hydroxylation is 1. The van der Waals surface area contributed by atoms with E-state index >= 15 is 0 Å². The molecule has 0 saturated carbocycles. The second-order valence-corrected chi connectivity index (χ2v) is 4.76. The Hall–Kier alpha value is -1.50. The first kappa shape index (κ1) is 12.9. The van der Waals surface area contributed by atoms with Gasteiger partial charge in [-0.1, -0.05) is 17.7 Å². The van der Waals surface area contributed by atoms with Gasteiger partial charge in [-0.2, -0.15) is 5.26 Å². The van der Waals surface area contributed by atoms with Crippen molar-refractivity contribution < 1.29 is 0 Å². The van der Waals surface area contributed by atoms with Crippen molar-refractivity contribution in [1.82, 2.24) is 4.57 Å². The van der Waals surface area contributed by atoms with Gasteiger partial charge in [0, 0.05) is 41.6 Å². The quantitative estimate of drug-likeness (QED) is 0.838. The number of hydrogen-bond acceptors (Lipinski definition) is 2. The maximum atomic E-state index is 8.52. The SMILES string of the molecule is N#CCCCCn1cc(CN)c2ccc(Cl)cc21. The smallest absolute Gasteiger partial charge is 0.0621 e. The fourth-order valence-corrected chi connectivity index (χ4v) is 2.34. The van der Waals surface area contributed by atoms with Crippen molar-refractivity contribution in [2.45, 2.75) is 32.4 Å². The summed E-state index contributed by atoms with van der Waals surface area (Å²) in [7, 11) is 0. The second kappa shape index (κ2) is 5.90. The summed E-state index contributed by atoms with van der Waals surface area (Å²) in [4.78, 5) is 0. The van der Waals surface area contributed by atoms with Crippen LogP contribution >= 0.6 is 11.6 Å². The van der Waals surface area contributed by atoms with Crippen LogP contribution in [0.25, 0.3) is 10.9 Å². The van der Waals surface area contributed by atoms with Gasteiger partial charge >= 0.3 is 0 Å². The number of nitrogens with zero attached hydrogens (tertiary/aromatic N) is 2. The molecule has 0 aliphatic rings. The van der Waals surface area contributed by atoms with Crippen LogP contribution in [0.1, 0.15) is 24.8 Å². The maximum absolute atomic E-state index is 8.52. The topological polar surface area (TPSA) is 54.7 Å². The number of hydrogen-bond donors (Lipinski definition) is 1. The third kappa shape index (κ3) is 2.66. The average molecular weight is 262 g/mol. The molecular weight excluding hydrogens is 246 g/mol. The lowest BCUT2D eigenvalue weighted by Gasteiger charge is -2.04. The molecule has 3 nitrogen and oxygen atoms in total. The Labute approximate surface area is 112 Å². The highest BCUT2D eigenvalue weighted by Gasteiger charge is 2.07. The Bertz CT molecular complexity index is 580. The van der Waals surface area contributed by atoms with E-state index < -0.39 is 0 Å². The van der Waals surface area contributed by atoms with E-state index in [1.165, 1.54) is 5.39 Å². The van der Waals surface area contributed by atoms with Gasteiger partial charge in [0.2, 0.25) is 0 Å². The van der Waals surface area contributed by atoms with E-state index in [-0.39, 0.29) is 0 Å². The van der Waals surface area contributed by atoms with Gasteiger partial charge in [0.15, 0.2) is 0 Å². The molecule has 4 heteroatoms. The zero-order valence-corrected chi connectivity index (χ0v) is 11.0. The molecule has 0 saturated heterocycles. The first-order chi connectivity index (χ1) is 8.76. The van der Waals surface area contributed by atoms with E-state index in [9.17, 15) is 0 Å². The molecule has 0 unspecified atom stereocenters. The van der Waals surface area contributed by atoms with Crippen molar-refractivity contribution in [3.63, 3.8) is 0 Å². The molecule has 2 N–H and O–H groups in total. The number of aromatic nitrogens is 1. The van der Waals surface area contributed by atoms with Gasteiger partial charge < -0.3 is 10.3 Å². The number of halogens is 1. The highest BCUT2D eigenvalue weighted by Crippen LogP contribution is 2.25. The summed E-state index contributed by atoms with van der Waals surface area (Å²) in [6.45, 7) is 1.43. The van der Waals surface area contributed by atoms with Gasteiger partial charge in [0.05, 0.1) is 6.07 Å². The molecule has 0 bridgehead atoms. The van der Waals surface area contributed by atoms with Crippen LogP contribution in [-0.4, -0.2) is 4.57 Å². The van der Waals surface area contributed by atoms with Crippen LogP contribution in [0.5, 0.6) is 0 Å². The minimum atomic E-state index is 0.531. The van der Waals surface area contributed by atoms with Crippen molar-refractivity contribution >= 4 is 22.5 Å². The average Bonchev–Trinajstić information content (AvgIpc) is 2.72. The van der Waals surface area contributed by atoms with E-state index in [0.717, 1.165) is 35.5 Å². The lowest BCUT2D eigenvalue weighted by Crippen LogP contribution is -1.97. The van der Waals surface area contributed by atoms with Crippen LogP contribution in [0, 0.1) is 11.3 Å². The zero-order chi connectivity index (χ0) is 13.0. The minimum Gasteiger partial charge on any atom is -0.347 e. The number of benzene rings is 1. The lowest BCUT2D eigenvalue weighted by molar-refractivity contribution is 0.631. The summed E-state index contributed by atoms with van der Waals surface area (Å²) in [5.74, 6) is 0. The zero-order valence-electron chi connectivity index (χ0n) is 10.2. The summed E-state index contributed by atoms with van der Waals surface area (Å²) in [5, 5.41) is 10.4. The molecule has 0 radical (unpaired) electrons. The van der Waals surface area contributed by atoms with Crippen molar-refractivity contribution in [3.05, 3.63) is 35.0 Å². The maximum Gasteiger partial charge on any atom is 0.0621 e. The Balaban J connectivity index is 2.26. The Morgan fingerprint density at radius 1 is 1.33 bits per heavy atom. The predicted molar refractivity (Wildman–Crippen MR) is 74.3 cm³/mol. The molecule has 1 aromatic carbocycles. The molecule has 2 rings (SSSR count). The number of fused-ring (bicyclic) bond motifs is 1. The van der Waals surface area contributed by atoms with Gasteiger partial charge in [0.1, 0.15) is 0 Å². The first-order valence-electron chi connectivity index (χ1n) is 6.10. The molecule has 2 aromatic rings. The highest BCUT2D eigenvalue weighted by atomic mass is 35.5. The van der Waals surface area contributed by atoms with E-state index in [1.54, 1.807) is 0 Å². The lowest BCUT2D eigenvalue weighted by atomic mass is 10.2. The van der Waals surface area contributed by atoms with Crippen LogP contribution in [0.15, 0.2) is 24.4 Å². The summed E-state index contributed by atoms with van der Waals surface area (Å²) >= 11 is 6.04. The van der Waals surface area contributed by atoms with Gasteiger partial charge in [-0.15, -0.1) is 0 Å². The van der Waals surface area contributed by atoms with E-state index in [2.05, 4.69) is 16.8 Å². The molecule has 0 fully saturated rings.